The van der Waals surface area contributed by atoms with E-state index < -0.39 is 0 Å². The Kier molecular flexibility index (Phi) is 7.88. The second kappa shape index (κ2) is 10.1. The molecule has 6 nitrogen and oxygen atoms in total. The second-order valence-corrected chi connectivity index (χ2v) is 7.29. The standard InChI is InChI=1S/C20H32FN5O/c1-5-15(2)23-20(22-13-19(27)25(3)4)24-16-9-8-12-26(14-16)18-11-7-6-10-17(18)21/h6-7,10-11,15-16H,5,8-9,12-14H2,1-4H3,(H2,22,23,24). The Bertz CT molecular complexity index is 649. The fraction of sp³-hybridized carbons (Fsp3) is 0.600. The average Bonchev–Trinajstić information content (AvgIpc) is 2.66. The summed E-state index contributed by atoms with van der Waals surface area (Å²) < 4.78 is 14.1. The first-order chi connectivity index (χ1) is 12.9. The molecule has 0 aliphatic carbocycles. The lowest BCUT2D eigenvalue weighted by Crippen LogP contribution is -2.53. The van der Waals surface area contributed by atoms with Crippen LogP contribution in [0.4, 0.5) is 10.1 Å². The van der Waals surface area contributed by atoms with Crippen LogP contribution in [0, 0.1) is 5.82 Å². The van der Waals surface area contributed by atoms with Crippen molar-refractivity contribution in [3.05, 3.63) is 30.1 Å². The largest absolute Gasteiger partial charge is 0.367 e. The molecule has 0 aromatic heterocycles. The van der Waals surface area contributed by atoms with Crippen LogP contribution in [0.25, 0.3) is 0 Å². The molecule has 2 rings (SSSR count). The molecule has 1 aromatic rings. The van der Waals surface area contributed by atoms with Crippen LogP contribution in [0.15, 0.2) is 29.3 Å². The third-order valence-corrected chi connectivity index (χ3v) is 4.82. The molecule has 1 fully saturated rings. The predicted octanol–water partition coefficient (Wildman–Crippen LogP) is 2.22. The molecule has 0 saturated carbocycles. The summed E-state index contributed by atoms with van der Waals surface area (Å²) in [5.74, 6) is 0.401. The lowest BCUT2D eigenvalue weighted by atomic mass is 10.0. The lowest BCUT2D eigenvalue weighted by Gasteiger charge is -2.35. The molecule has 2 N–H and O–H groups in total. The van der Waals surface area contributed by atoms with E-state index in [2.05, 4.69) is 34.4 Å². The normalized spacial score (nSPS) is 18.8. The number of piperidine rings is 1. The minimum Gasteiger partial charge on any atom is -0.367 e. The highest BCUT2D eigenvalue weighted by Gasteiger charge is 2.23. The summed E-state index contributed by atoms with van der Waals surface area (Å²) in [5, 5.41) is 6.79. The number of rotatable bonds is 6. The Hall–Kier alpha value is -2.31. The van der Waals surface area contributed by atoms with Gasteiger partial charge in [0.05, 0.1) is 5.69 Å². The summed E-state index contributed by atoms with van der Waals surface area (Å²) in [6.07, 6.45) is 2.90. The van der Waals surface area contributed by atoms with E-state index in [9.17, 15) is 9.18 Å². The number of benzene rings is 1. The lowest BCUT2D eigenvalue weighted by molar-refractivity contribution is -0.127. The third-order valence-electron chi connectivity index (χ3n) is 4.82. The van der Waals surface area contributed by atoms with Crippen LogP contribution < -0.4 is 15.5 Å². The minimum atomic E-state index is -0.193. The van der Waals surface area contributed by atoms with Gasteiger partial charge in [-0.05, 0) is 38.3 Å². The molecule has 0 bridgehead atoms. The number of anilines is 1. The zero-order chi connectivity index (χ0) is 19.8. The van der Waals surface area contributed by atoms with Crippen molar-refractivity contribution in [2.75, 3.05) is 38.6 Å². The van der Waals surface area contributed by atoms with Crippen molar-refractivity contribution in [1.29, 1.82) is 0 Å². The van der Waals surface area contributed by atoms with Gasteiger partial charge in [0.15, 0.2) is 5.96 Å². The van der Waals surface area contributed by atoms with Crippen LogP contribution in [0.3, 0.4) is 0 Å². The molecule has 27 heavy (non-hydrogen) atoms. The first kappa shape index (κ1) is 21.0. The number of likely N-dealkylation sites (N-methyl/N-ethyl adjacent to an activating group) is 1. The number of hydrogen-bond donors (Lipinski definition) is 2. The van der Waals surface area contributed by atoms with E-state index >= 15 is 0 Å². The van der Waals surface area contributed by atoms with Crippen LogP contribution in [0.2, 0.25) is 0 Å². The Morgan fingerprint density at radius 2 is 2.15 bits per heavy atom. The first-order valence-electron chi connectivity index (χ1n) is 9.67. The number of amides is 1. The number of carbonyl (C=O) groups is 1. The van der Waals surface area contributed by atoms with Gasteiger partial charge in [0.2, 0.25) is 5.91 Å². The molecule has 1 aliphatic rings. The minimum absolute atomic E-state index is 0.0446. The van der Waals surface area contributed by atoms with Crippen molar-refractivity contribution in [2.24, 2.45) is 4.99 Å². The fourth-order valence-electron chi connectivity index (χ4n) is 2.97. The van der Waals surface area contributed by atoms with Crippen molar-refractivity contribution in [3.63, 3.8) is 0 Å². The molecule has 1 amide bonds. The van der Waals surface area contributed by atoms with E-state index in [1.165, 1.54) is 11.0 Å². The Morgan fingerprint density at radius 3 is 2.81 bits per heavy atom. The molecule has 1 heterocycles. The van der Waals surface area contributed by atoms with Crippen LogP contribution in [0.5, 0.6) is 0 Å². The van der Waals surface area contributed by atoms with Crippen LogP contribution in [-0.2, 0) is 4.79 Å². The molecule has 0 spiro atoms. The maximum absolute atomic E-state index is 14.1. The molecular weight excluding hydrogens is 345 g/mol. The quantitative estimate of drug-likeness (QED) is 0.590. The first-order valence-corrected chi connectivity index (χ1v) is 9.67. The van der Waals surface area contributed by atoms with Gasteiger partial charge in [-0.1, -0.05) is 19.1 Å². The van der Waals surface area contributed by atoms with Crippen molar-refractivity contribution < 1.29 is 9.18 Å². The summed E-state index contributed by atoms with van der Waals surface area (Å²) in [6.45, 7) is 5.81. The monoisotopic (exact) mass is 377 g/mol. The van der Waals surface area contributed by atoms with Crippen molar-refractivity contribution in [2.45, 2.75) is 45.2 Å². The van der Waals surface area contributed by atoms with Crippen molar-refractivity contribution in [1.82, 2.24) is 15.5 Å². The third kappa shape index (κ3) is 6.41. The van der Waals surface area contributed by atoms with E-state index in [1.807, 2.05) is 12.1 Å². The highest BCUT2D eigenvalue weighted by Crippen LogP contribution is 2.22. The number of carbonyl (C=O) groups excluding carboxylic acids is 1. The molecule has 1 saturated heterocycles. The van der Waals surface area contributed by atoms with Crippen molar-refractivity contribution in [3.8, 4) is 0 Å². The summed E-state index contributed by atoms with van der Waals surface area (Å²) in [4.78, 5) is 19.9. The SMILES string of the molecule is CCC(C)NC(=NCC(=O)N(C)C)NC1CCCN(c2ccccc2F)C1. The predicted molar refractivity (Wildman–Crippen MR) is 109 cm³/mol. The van der Waals surface area contributed by atoms with Gasteiger partial charge < -0.3 is 20.4 Å². The van der Waals surface area contributed by atoms with E-state index in [0.29, 0.717) is 18.2 Å². The second-order valence-electron chi connectivity index (χ2n) is 7.29. The van der Waals surface area contributed by atoms with Crippen LogP contribution >= 0.6 is 0 Å². The molecule has 7 heteroatoms. The number of nitrogens with one attached hydrogen (secondary N) is 2. The van der Waals surface area contributed by atoms with Crippen LogP contribution in [0.1, 0.15) is 33.1 Å². The van der Waals surface area contributed by atoms with Gasteiger partial charge in [-0.15, -0.1) is 0 Å². The summed E-state index contributed by atoms with van der Waals surface area (Å²) in [7, 11) is 3.45. The van der Waals surface area contributed by atoms with E-state index in [0.717, 1.165) is 25.8 Å². The summed E-state index contributed by atoms with van der Waals surface area (Å²) >= 11 is 0. The zero-order valence-corrected chi connectivity index (χ0v) is 16.8. The number of halogens is 1. The molecule has 1 aliphatic heterocycles. The smallest absolute Gasteiger partial charge is 0.243 e. The Balaban J connectivity index is 2.05. The molecule has 150 valence electrons. The van der Waals surface area contributed by atoms with Gasteiger partial charge in [0.25, 0.3) is 0 Å². The van der Waals surface area contributed by atoms with Gasteiger partial charge in [-0.3, -0.25) is 4.79 Å². The molecule has 2 unspecified atom stereocenters. The molecule has 1 aromatic carbocycles. The van der Waals surface area contributed by atoms with E-state index in [4.69, 9.17) is 0 Å². The van der Waals surface area contributed by atoms with E-state index in [1.54, 1.807) is 20.2 Å². The highest BCUT2D eigenvalue weighted by molar-refractivity contribution is 5.85. The van der Waals surface area contributed by atoms with Gasteiger partial charge >= 0.3 is 0 Å². The molecular formula is C20H32FN5O. The van der Waals surface area contributed by atoms with Gasteiger partial charge in [0.1, 0.15) is 12.4 Å². The molecule has 2 atom stereocenters. The molecule has 0 radical (unpaired) electrons. The Morgan fingerprint density at radius 1 is 1.41 bits per heavy atom. The van der Waals surface area contributed by atoms with Gasteiger partial charge in [0, 0.05) is 39.3 Å². The maximum Gasteiger partial charge on any atom is 0.243 e. The number of para-hydroxylation sites is 1. The average molecular weight is 378 g/mol. The zero-order valence-electron chi connectivity index (χ0n) is 16.8. The van der Waals surface area contributed by atoms with Crippen molar-refractivity contribution >= 4 is 17.6 Å². The number of nitrogens with zero attached hydrogens (tertiary/aromatic N) is 3. The number of guanidine groups is 1. The topological polar surface area (TPSA) is 60.0 Å². The van der Waals surface area contributed by atoms with Gasteiger partial charge in [-0.25, -0.2) is 9.38 Å². The highest BCUT2D eigenvalue weighted by atomic mass is 19.1. The van der Waals surface area contributed by atoms with Crippen LogP contribution in [-0.4, -0.2) is 62.6 Å². The maximum atomic E-state index is 14.1. The fourth-order valence-corrected chi connectivity index (χ4v) is 2.97. The number of hydrogen-bond acceptors (Lipinski definition) is 3. The Labute approximate surface area is 161 Å². The van der Waals surface area contributed by atoms with Gasteiger partial charge in [-0.2, -0.15) is 0 Å². The summed E-state index contributed by atoms with van der Waals surface area (Å²) in [6, 6.07) is 7.28. The summed E-state index contributed by atoms with van der Waals surface area (Å²) in [5.41, 5.74) is 0.639. The van der Waals surface area contributed by atoms with E-state index in [-0.39, 0.29) is 30.4 Å². The number of aliphatic imine (C=N–C) groups is 1.